The van der Waals surface area contributed by atoms with Gasteiger partial charge < -0.3 is 16.4 Å². The van der Waals surface area contributed by atoms with Crippen LogP contribution in [0, 0.1) is 0 Å². The second kappa shape index (κ2) is 7.15. The quantitative estimate of drug-likeness (QED) is 0.439. The van der Waals surface area contributed by atoms with Gasteiger partial charge in [0.15, 0.2) is 0 Å². The van der Waals surface area contributed by atoms with Crippen LogP contribution >= 0.6 is 0 Å². The number of rotatable bonds is 8. The Bertz CT molecular complexity index is 394. The highest BCUT2D eigenvalue weighted by atomic mass is 32.2. The minimum Gasteiger partial charge on any atom is -0.340 e. The first-order valence-electron chi connectivity index (χ1n) is 6.30. The Morgan fingerprint density at radius 3 is 2.21 bits per heavy atom. The first kappa shape index (κ1) is 16.3. The predicted molar refractivity (Wildman–Crippen MR) is 72.6 cm³/mol. The van der Waals surface area contributed by atoms with Crippen LogP contribution < -0.4 is 16.6 Å². The number of nitrogens with two attached hydrogens (primary N) is 3. The summed E-state index contributed by atoms with van der Waals surface area (Å²) in [5.41, 5.74) is 11.0. The minimum atomic E-state index is -3.64. The van der Waals surface area contributed by atoms with Gasteiger partial charge in [0, 0.05) is 52.2 Å². The first-order chi connectivity index (χ1) is 8.88. The molecule has 1 heterocycles. The number of carbonyl (C=O) groups is 1. The summed E-state index contributed by atoms with van der Waals surface area (Å²) in [6.07, 6.45) is -0.0212. The molecule has 0 aromatic heterocycles. The van der Waals surface area contributed by atoms with Crippen molar-refractivity contribution in [2.75, 3.05) is 45.8 Å². The molecule has 112 valence electrons. The van der Waals surface area contributed by atoms with E-state index in [0.717, 1.165) is 0 Å². The van der Waals surface area contributed by atoms with Crippen molar-refractivity contribution in [3.05, 3.63) is 0 Å². The van der Waals surface area contributed by atoms with Gasteiger partial charge in [0.1, 0.15) is 5.25 Å². The molecule has 9 heteroatoms. The third-order valence-corrected chi connectivity index (χ3v) is 4.47. The summed E-state index contributed by atoms with van der Waals surface area (Å²) < 4.78 is 22.4. The molecule has 1 aliphatic rings. The summed E-state index contributed by atoms with van der Waals surface area (Å²) in [6.45, 7) is 3.75. The zero-order chi connectivity index (χ0) is 14.5. The van der Waals surface area contributed by atoms with E-state index in [9.17, 15) is 13.2 Å². The van der Waals surface area contributed by atoms with Gasteiger partial charge in [-0.05, 0) is 0 Å². The van der Waals surface area contributed by atoms with Gasteiger partial charge in [-0.25, -0.2) is 13.6 Å². The average molecular weight is 293 g/mol. The molecule has 19 heavy (non-hydrogen) atoms. The Hall–Kier alpha value is -0.740. The lowest BCUT2D eigenvalue weighted by Gasteiger charge is -2.24. The number of hydrogen-bond acceptors (Lipinski definition) is 6. The molecule has 1 rings (SSSR count). The molecule has 1 saturated heterocycles. The van der Waals surface area contributed by atoms with Crippen molar-refractivity contribution in [1.29, 1.82) is 0 Å². The number of nitrogens with zero attached hydrogens (tertiary/aromatic N) is 2. The summed E-state index contributed by atoms with van der Waals surface area (Å²) in [4.78, 5) is 15.3. The molecule has 0 bridgehead atoms. The fourth-order valence-corrected chi connectivity index (χ4v) is 2.90. The van der Waals surface area contributed by atoms with Crippen molar-refractivity contribution in [3.63, 3.8) is 0 Å². The fourth-order valence-electron chi connectivity index (χ4n) is 2.13. The third-order valence-electron chi connectivity index (χ3n) is 3.22. The van der Waals surface area contributed by atoms with Gasteiger partial charge in [-0.15, -0.1) is 0 Å². The second-order valence-corrected chi connectivity index (χ2v) is 6.52. The molecule has 0 aromatic rings. The van der Waals surface area contributed by atoms with Crippen LogP contribution in [0.2, 0.25) is 0 Å². The van der Waals surface area contributed by atoms with Crippen molar-refractivity contribution >= 4 is 15.9 Å². The van der Waals surface area contributed by atoms with E-state index in [1.54, 1.807) is 0 Å². The number of sulfonamides is 1. The van der Waals surface area contributed by atoms with Crippen LogP contribution in [0.5, 0.6) is 0 Å². The van der Waals surface area contributed by atoms with Gasteiger partial charge in [0.05, 0.1) is 0 Å². The average Bonchev–Trinajstić information content (AvgIpc) is 2.68. The van der Waals surface area contributed by atoms with Gasteiger partial charge in [0.2, 0.25) is 15.9 Å². The van der Waals surface area contributed by atoms with E-state index in [1.807, 2.05) is 0 Å². The maximum absolute atomic E-state index is 11.7. The van der Waals surface area contributed by atoms with E-state index in [4.69, 9.17) is 16.6 Å². The fraction of sp³-hybridized carbons (Fsp3) is 0.900. The molecule has 0 aliphatic carbocycles. The molecular weight excluding hydrogens is 270 g/mol. The van der Waals surface area contributed by atoms with Gasteiger partial charge in [-0.1, -0.05) is 0 Å². The molecule has 1 unspecified atom stereocenters. The number of primary sulfonamides is 1. The van der Waals surface area contributed by atoms with E-state index in [0.29, 0.717) is 39.3 Å². The van der Waals surface area contributed by atoms with Gasteiger partial charge in [-0.2, -0.15) is 0 Å². The SMILES string of the molecule is NCCN(CCN)CCN1CC(S(N)(=O)=O)CC1=O. The zero-order valence-corrected chi connectivity index (χ0v) is 11.8. The molecule has 0 aromatic carbocycles. The Kier molecular flexibility index (Phi) is 6.14. The molecule has 1 amide bonds. The van der Waals surface area contributed by atoms with Crippen LogP contribution in [0.1, 0.15) is 6.42 Å². The van der Waals surface area contributed by atoms with Crippen LogP contribution in [-0.4, -0.2) is 75.2 Å². The Morgan fingerprint density at radius 2 is 1.79 bits per heavy atom. The van der Waals surface area contributed by atoms with Crippen molar-refractivity contribution < 1.29 is 13.2 Å². The van der Waals surface area contributed by atoms with E-state index in [1.165, 1.54) is 4.90 Å². The molecule has 1 fully saturated rings. The van der Waals surface area contributed by atoms with Crippen molar-refractivity contribution in [2.24, 2.45) is 16.6 Å². The molecule has 0 radical (unpaired) electrons. The molecule has 1 aliphatic heterocycles. The van der Waals surface area contributed by atoms with Crippen molar-refractivity contribution in [3.8, 4) is 0 Å². The molecule has 0 spiro atoms. The molecule has 1 atom stereocenters. The van der Waals surface area contributed by atoms with Crippen LogP contribution in [0.15, 0.2) is 0 Å². The summed E-state index contributed by atoms with van der Waals surface area (Å²) in [6, 6.07) is 0. The summed E-state index contributed by atoms with van der Waals surface area (Å²) in [7, 11) is -3.64. The van der Waals surface area contributed by atoms with E-state index in [-0.39, 0.29) is 18.9 Å². The van der Waals surface area contributed by atoms with Crippen LogP contribution in [0.4, 0.5) is 0 Å². The van der Waals surface area contributed by atoms with Gasteiger partial charge in [0.25, 0.3) is 0 Å². The maximum Gasteiger partial charge on any atom is 0.224 e. The highest BCUT2D eigenvalue weighted by Gasteiger charge is 2.36. The second-order valence-electron chi connectivity index (χ2n) is 4.67. The number of hydrogen-bond donors (Lipinski definition) is 3. The summed E-state index contributed by atoms with van der Waals surface area (Å²) in [5.74, 6) is -0.167. The third kappa shape index (κ3) is 5.03. The smallest absolute Gasteiger partial charge is 0.224 e. The van der Waals surface area contributed by atoms with Crippen LogP contribution in [0.25, 0.3) is 0 Å². The van der Waals surface area contributed by atoms with E-state index < -0.39 is 15.3 Å². The van der Waals surface area contributed by atoms with Gasteiger partial charge in [-0.3, -0.25) is 9.69 Å². The first-order valence-corrected chi connectivity index (χ1v) is 7.91. The topological polar surface area (TPSA) is 136 Å². The predicted octanol–water partition coefficient (Wildman–Crippen LogP) is -2.90. The lowest BCUT2D eigenvalue weighted by molar-refractivity contribution is -0.127. The Balaban J connectivity index is 2.47. The lowest BCUT2D eigenvalue weighted by Crippen LogP contribution is -2.41. The highest BCUT2D eigenvalue weighted by Crippen LogP contribution is 2.16. The summed E-state index contributed by atoms with van der Waals surface area (Å²) in [5, 5.41) is 4.29. The maximum atomic E-state index is 11.7. The lowest BCUT2D eigenvalue weighted by atomic mass is 10.4. The van der Waals surface area contributed by atoms with E-state index >= 15 is 0 Å². The number of amides is 1. The minimum absolute atomic E-state index is 0.0212. The summed E-state index contributed by atoms with van der Waals surface area (Å²) >= 11 is 0. The molecule has 0 saturated carbocycles. The highest BCUT2D eigenvalue weighted by molar-refractivity contribution is 7.89. The standard InChI is InChI=1S/C10H23N5O3S/c11-1-3-14(4-2-12)5-6-15-8-9(7-10(15)16)19(13,17)18/h9H,1-8,11-12H2,(H2,13,17,18). The largest absolute Gasteiger partial charge is 0.340 e. The number of likely N-dealkylation sites (tertiary alicyclic amines) is 1. The number of carbonyl (C=O) groups excluding carboxylic acids is 1. The normalized spacial score (nSPS) is 20.5. The van der Waals surface area contributed by atoms with Crippen molar-refractivity contribution in [2.45, 2.75) is 11.7 Å². The Labute approximate surface area is 113 Å². The van der Waals surface area contributed by atoms with Crippen LogP contribution in [0.3, 0.4) is 0 Å². The molecule has 8 nitrogen and oxygen atoms in total. The monoisotopic (exact) mass is 293 g/mol. The molecular formula is C10H23N5O3S. The Morgan fingerprint density at radius 1 is 1.21 bits per heavy atom. The van der Waals surface area contributed by atoms with Crippen LogP contribution in [-0.2, 0) is 14.8 Å². The van der Waals surface area contributed by atoms with Crippen molar-refractivity contribution in [1.82, 2.24) is 9.80 Å². The van der Waals surface area contributed by atoms with Gasteiger partial charge >= 0.3 is 0 Å². The van der Waals surface area contributed by atoms with E-state index in [2.05, 4.69) is 4.90 Å². The zero-order valence-electron chi connectivity index (χ0n) is 11.0. The molecule has 6 N–H and O–H groups in total.